The van der Waals surface area contributed by atoms with Crippen LogP contribution < -0.4 is 5.73 Å². The topological polar surface area (TPSA) is 218 Å². The molecule has 2 aromatic heterocycles. The van der Waals surface area contributed by atoms with E-state index in [2.05, 4.69) is 17.0 Å². The van der Waals surface area contributed by atoms with Crippen molar-refractivity contribution in [1.29, 1.82) is 10.5 Å². The van der Waals surface area contributed by atoms with Gasteiger partial charge in [0.2, 0.25) is 5.60 Å². The molecule has 5 N–H and O–H groups in total. The zero-order valence-corrected chi connectivity index (χ0v) is 34.7. The third-order valence-corrected chi connectivity index (χ3v) is 11.7. The second kappa shape index (κ2) is 24.6. The van der Waals surface area contributed by atoms with Crippen LogP contribution in [0.5, 0.6) is 0 Å². The Kier molecular flexibility index (Phi) is 20.0. The van der Waals surface area contributed by atoms with E-state index in [1.54, 1.807) is 6.07 Å². The van der Waals surface area contributed by atoms with E-state index in [0.29, 0.717) is 30.5 Å². The Morgan fingerprint density at radius 2 is 1.59 bits per heavy atom. The second-order valence-corrected chi connectivity index (χ2v) is 16.9. The van der Waals surface area contributed by atoms with Crippen molar-refractivity contribution in [2.75, 3.05) is 32.2 Å². The molecule has 4 rings (SSSR count). The number of hydrogen-bond donors (Lipinski definition) is 4. The van der Waals surface area contributed by atoms with Crippen LogP contribution in [-0.4, -0.2) is 74.4 Å². The number of nitrogens with zero attached hydrogens (tertiary/aromatic N) is 5. The normalized spacial score (nSPS) is 20.8. The van der Waals surface area contributed by atoms with Crippen LogP contribution in [0.3, 0.4) is 0 Å². The maximum atomic E-state index is 14.1. The molecule has 58 heavy (non-hydrogen) atoms. The highest BCUT2D eigenvalue weighted by Gasteiger charge is 2.58. The summed E-state index contributed by atoms with van der Waals surface area (Å²) >= 11 is 0. The van der Waals surface area contributed by atoms with Crippen LogP contribution >= 0.6 is 7.82 Å². The first kappa shape index (κ1) is 47.2. The number of ether oxygens (including phenoxy) is 2. The minimum Gasteiger partial charge on any atom is -0.387 e. The van der Waals surface area contributed by atoms with Gasteiger partial charge in [-0.1, -0.05) is 103 Å². The molecule has 1 aliphatic rings. The summed E-state index contributed by atoms with van der Waals surface area (Å²) in [5, 5.41) is 45.3. The number of anilines is 1. The molecule has 3 aromatic rings. The molecule has 1 fully saturated rings. The Bertz CT molecular complexity index is 1820. The van der Waals surface area contributed by atoms with E-state index >= 15 is 0 Å². The number of fused-ring (bicyclic) bond motifs is 1. The Hall–Kier alpha value is -3.50. The van der Waals surface area contributed by atoms with Crippen LogP contribution in [-0.2, 0) is 35.1 Å². The molecular formula is C42H62FN6O8P. The predicted molar refractivity (Wildman–Crippen MR) is 217 cm³/mol. The van der Waals surface area contributed by atoms with Gasteiger partial charge in [0.05, 0.1) is 37.1 Å². The summed E-state index contributed by atoms with van der Waals surface area (Å²) < 4.78 is 50.8. The van der Waals surface area contributed by atoms with Gasteiger partial charge < -0.3 is 30.3 Å². The maximum Gasteiger partial charge on any atom is 0.472 e. The molecule has 0 radical (unpaired) electrons. The van der Waals surface area contributed by atoms with Crippen molar-refractivity contribution in [1.82, 2.24) is 14.6 Å². The van der Waals surface area contributed by atoms with Crippen LogP contribution in [0.4, 0.5) is 10.2 Å². The zero-order valence-electron chi connectivity index (χ0n) is 33.9. The number of nitriles is 2. The van der Waals surface area contributed by atoms with E-state index in [1.165, 1.54) is 106 Å². The lowest BCUT2D eigenvalue weighted by molar-refractivity contribution is -0.0647. The second-order valence-electron chi connectivity index (χ2n) is 15.4. The third-order valence-electron chi connectivity index (χ3n) is 10.8. The molecule has 0 amide bonds. The first-order valence-electron chi connectivity index (χ1n) is 21.0. The average molecular weight is 829 g/mol. The van der Waals surface area contributed by atoms with Crippen molar-refractivity contribution in [3.63, 3.8) is 0 Å². The fourth-order valence-corrected chi connectivity index (χ4v) is 8.21. The molecule has 320 valence electrons. The summed E-state index contributed by atoms with van der Waals surface area (Å²) in [6.07, 6.45) is 17.3. The molecule has 1 aromatic carbocycles. The van der Waals surface area contributed by atoms with Gasteiger partial charge in [0.1, 0.15) is 42.0 Å². The summed E-state index contributed by atoms with van der Waals surface area (Å²) in [5.41, 5.74) is 5.00. The highest BCUT2D eigenvalue weighted by Crippen LogP contribution is 2.46. The number of nitrogens with two attached hydrogens (primary N) is 1. The molecule has 14 nitrogen and oxygen atoms in total. The van der Waals surface area contributed by atoms with Crippen molar-refractivity contribution < 1.29 is 42.6 Å². The number of aliphatic hydroxyl groups is 2. The highest BCUT2D eigenvalue weighted by atomic mass is 31.2. The van der Waals surface area contributed by atoms with E-state index < -0.39 is 50.1 Å². The lowest BCUT2D eigenvalue weighted by Gasteiger charge is -2.24. The Morgan fingerprint density at radius 3 is 2.21 bits per heavy atom. The summed E-state index contributed by atoms with van der Waals surface area (Å²) in [6.45, 7) is 2.03. The first-order chi connectivity index (χ1) is 28.0. The smallest absolute Gasteiger partial charge is 0.387 e. The molecule has 16 heteroatoms. The van der Waals surface area contributed by atoms with Crippen LogP contribution in [0.1, 0.15) is 133 Å². The van der Waals surface area contributed by atoms with Crippen molar-refractivity contribution in [2.24, 2.45) is 5.92 Å². The van der Waals surface area contributed by atoms with Gasteiger partial charge in [-0.05, 0) is 55.2 Å². The number of aliphatic hydroxyl groups excluding tert-OH is 2. The molecule has 0 bridgehead atoms. The number of phosphoric acid groups is 1. The van der Waals surface area contributed by atoms with Gasteiger partial charge in [0, 0.05) is 12.5 Å². The van der Waals surface area contributed by atoms with Crippen LogP contribution in [0.2, 0.25) is 0 Å². The number of rotatable bonds is 29. The van der Waals surface area contributed by atoms with Crippen molar-refractivity contribution in [2.45, 2.75) is 146 Å². The molecule has 1 unspecified atom stereocenters. The average Bonchev–Trinajstić information content (AvgIpc) is 3.76. The molecule has 0 aliphatic carbocycles. The van der Waals surface area contributed by atoms with Crippen molar-refractivity contribution in [3.8, 4) is 12.1 Å². The number of hydrogen-bond acceptors (Lipinski definition) is 12. The maximum absolute atomic E-state index is 14.1. The van der Waals surface area contributed by atoms with E-state index in [4.69, 9.17) is 24.3 Å². The molecule has 3 heterocycles. The lowest BCUT2D eigenvalue weighted by Crippen LogP contribution is -2.41. The van der Waals surface area contributed by atoms with E-state index in [-0.39, 0.29) is 30.3 Å². The summed E-state index contributed by atoms with van der Waals surface area (Å²) in [7, 11) is -4.75. The fraction of sp³-hybridized carbons (Fsp3) is 0.667. The Balaban J connectivity index is 1.20. The molecule has 1 aliphatic heterocycles. The molecule has 6 atom stereocenters. The number of benzene rings is 1. The molecular weight excluding hydrogens is 766 g/mol. The highest BCUT2D eigenvalue weighted by molar-refractivity contribution is 7.47. The quantitative estimate of drug-likeness (QED) is 0.0388. The van der Waals surface area contributed by atoms with E-state index in [0.717, 1.165) is 31.7 Å². The van der Waals surface area contributed by atoms with Gasteiger partial charge in [-0.3, -0.25) is 9.05 Å². The number of halogens is 1. The van der Waals surface area contributed by atoms with Gasteiger partial charge in [-0.2, -0.15) is 15.6 Å². The van der Waals surface area contributed by atoms with Gasteiger partial charge in [0.25, 0.3) is 0 Å². The molecule has 0 saturated carbocycles. The van der Waals surface area contributed by atoms with Gasteiger partial charge in [-0.25, -0.2) is 18.5 Å². The van der Waals surface area contributed by atoms with Crippen LogP contribution in [0.15, 0.2) is 36.7 Å². The van der Waals surface area contributed by atoms with Crippen molar-refractivity contribution >= 4 is 19.2 Å². The zero-order chi connectivity index (χ0) is 41.8. The van der Waals surface area contributed by atoms with E-state index in [1.807, 2.05) is 12.1 Å². The monoisotopic (exact) mass is 828 g/mol. The summed E-state index contributed by atoms with van der Waals surface area (Å²) in [4.78, 5) is 14.5. The molecule has 1 saturated heterocycles. The number of aryl methyl sites for hydroxylation is 1. The van der Waals surface area contributed by atoms with Gasteiger partial charge in [0.15, 0.2) is 5.82 Å². The Morgan fingerprint density at radius 1 is 0.948 bits per heavy atom. The number of aromatic nitrogens is 3. The Labute approximate surface area is 342 Å². The summed E-state index contributed by atoms with van der Waals surface area (Å²) in [6, 6.07) is 10.9. The largest absolute Gasteiger partial charge is 0.472 e. The van der Waals surface area contributed by atoms with Crippen molar-refractivity contribution in [3.05, 3.63) is 59.3 Å². The minimum atomic E-state index is -4.75. The standard InChI is InChI=1S/C42H62FN6O8P/c1-2-3-4-5-6-7-8-9-10-11-12-13-14-15-16-17-22-54-27-33(19-18-32-23-34(26-44)25-35(43)24-32)28-55-58(52,53)56-29-37-39(50)40(51)42(30-45,57-37)38-21-20-36-41(46)47-31-48-49(36)38/h20-21,23-25,31,33,37,39-40,50-51H,2-19,22,27-29H2,1H3,(H,52,53)(H2,46,47,48)/t33-,37-,39-,40-,42+/m1/s1. The van der Waals surface area contributed by atoms with E-state index in [9.17, 15) is 34.6 Å². The van der Waals surface area contributed by atoms with Crippen LogP contribution in [0.25, 0.3) is 5.52 Å². The third kappa shape index (κ3) is 14.4. The SMILES string of the molecule is CCCCCCCCCCCCCCCCCCOC[C@@H](CCc1cc(F)cc(C#N)c1)COP(=O)(O)OC[C@H]1O[C@@](C#N)(c2ccc3c(N)ncnn23)[C@H](O)[C@@H]1O. The fourth-order valence-electron chi connectivity index (χ4n) is 7.40. The van der Waals surface area contributed by atoms with Crippen LogP contribution in [0, 0.1) is 34.4 Å². The lowest BCUT2D eigenvalue weighted by atomic mass is 9.92. The predicted octanol–water partition coefficient (Wildman–Crippen LogP) is 7.82. The molecule has 0 spiro atoms. The van der Waals surface area contributed by atoms with Gasteiger partial charge in [-0.15, -0.1) is 0 Å². The number of phosphoric ester groups is 1. The number of unbranched alkanes of at least 4 members (excludes halogenated alkanes) is 15. The minimum absolute atomic E-state index is 0.0687. The van der Waals surface area contributed by atoms with Gasteiger partial charge >= 0.3 is 7.82 Å². The first-order valence-corrected chi connectivity index (χ1v) is 22.5. The summed E-state index contributed by atoms with van der Waals surface area (Å²) in [5.74, 6) is -0.802. The number of nitrogen functional groups attached to an aromatic ring is 1.